The molecule has 98 valence electrons. The number of rotatable bonds is 3. The second-order valence-electron chi connectivity index (χ2n) is 4.56. The van der Waals surface area contributed by atoms with E-state index in [4.69, 9.17) is 0 Å². The van der Waals surface area contributed by atoms with Gasteiger partial charge in [0.2, 0.25) is 0 Å². The predicted octanol–water partition coefficient (Wildman–Crippen LogP) is 1.89. The molecule has 0 aromatic heterocycles. The van der Waals surface area contributed by atoms with Gasteiger partial charge in [0.25, 0.3) is 11.8 Å². The summed E-state index contributed by atoms with van der Waals surface area (Å²) in [6.07, 6.45) is -0.240. The summed E-state index contributed by atoms with van der Waals surface area (Å²) >= 11 is 0. The fourth-order valence-corrected chi connectivity index (χ4v) is 2.06. The van der Waals surface area contributed by atoms with Crippen LogP contribution in [0.15, 0.2) is 24.3 Å². The largest absolute Gasteiger partial charge is 0.332 e. The van der Waals surface area contributed by atoms with Gasteiger partial charge in [-0.05, 0) is 24.7 Å². The van der Waals surface area contributed by atoms with Crippen molar-refractivity contribution >= 4 is 5.91 Å². The minimum absolute atomic E-state index is 0.129. The summed E-state index contributed by atoms with van der Waals surface area (Å²) in [5.41, 5.74) is 1.52. The topological polar surface area (TPSA) is 32.3 Å². The lowest BCUT2D eigenvalue weighted by Crippen LogP contribution is -2.31. The molecular weight excluding hydrogens is 238 g/mol. The zero-order chi connectivity index (χ0) is 13.2. The van der Waals surface area contributed by atoms with E-state index in [1.807, 2.05) is 19.2 Å². The minimum atomic E-state index is -2.73. The monoisotopic (exact) mass is 254 g/mol. The smallest absolute Gasteiger partial charge is 0.267 e. The molecule has 1 aliphatic heterocycles. The Morgan fingerprint density at radius 2 is 2.06 bits per heavy atom. The molecule has 1 saturated heterocycles. The van der Waals surface area contributed by atoms with Crippen LogP contribution in [0, 0.1) is 0 Å². The second-order valence-corrected chi connectivity index (χ2v) is 4.56. The Kier molecular flexibility index (Phi) is 3.61. The first-order valence-electron chi connectivity index (χ1n) is 5.92. The summed E-state index contributed by atoms with van der Waals surface area (Å²) in [4.78, 5) is 13.2. The number of carbonyl (C=O) groups is 1. The van der Waals surface area contributed by atoms with E-state index in [1.54, 1.807) is 12.1 Å². The van der Waals surface area contributed by atoms with Gasteiger partial charge in [-0.3, -0.25) is 4.79 Å². The number of nitrogens with zero attached hydrogens (tertiary/aromatic N) is 1. The number of halogens is 2. The molecule has 1 heterocycles. The van der Waals surface area contributed by atoms with Crippen molar-refractivity contribution in [1.29, 1.82) is 0 Å². The molecule has 18 heavy (non-hydrogen) atoms. The molecule has 0 bridgehead atoms. The molecule has 0 spiro atoms. The number of hydrogen-bond acceptors (Lipinski definition) is 2. The van der Waals surface area contributed by atoms with Gasteiger partial charge >= 0.3 is 0 Å². The van der Waals surface area contributed by atoms with Gasteiger partial charge in [-0.2, -0.15) is 0 Å². The Labute approximate surface area is 105 Å². The van der Waals surface area contributed by atoms with Crippen LogP contribution in [0.5, 0.6) is 0 Å². The van der Waals surface area contributed by atoms with Crippen LogP contribution in [0.1, 0.15) is 22.3 Å². The predicted molar refractivity (Wildman–Crippen MR) is 64.7 cm³/mol. The van der Waals surface area contributed by atoms with E-state index in [2.05, 4.69) is 5.32 Å². The van der Waals surface area contributed by atoms with E-state index >= 15 is 0 Å². The number of nitrogens with one attached hydrogen (secondary N) is 1. The highest BCUT2D eigenvalue weighted by Gasteiger charge is 2.40. The molecule has 2 rings (SSSR count). The minimum Gasteiger partial charge on any atom is -0.332 e. The Morgan fingerprint density at radius 3 is 2.56 bits per heavy atom. The fraction of sp³-hybridized carbons (Fsp3) is 0.462. The van der Waals surface area contributed by atoms with Crippen LogP contribution < -0.4 is 5.32 Å². The molecule has 0 saturated carbocycles. The van der Waals surface area contributed by atoms with Crippen LogP contribution >= 0.6 is 0 Å². The average molecular weight is 254 g/mol. The van der Waals surface area contributed by atoms with E-state index in [9.17, 15) is 13.6 Å². The third-order valence-electron chi connectivity index (χ3n) is 3.04. The normalized spacial score (nSPS) is 18.1. The van der Waals surface area contributed by atoms with Crippen molar-refractivity contribution in [3.05, 3.63) is 35.4 Å². The highest BCUT2D eigenvalue weighted by molar-refractivity contribution is 5.94. The Morgan fingerprint density at radius 1 is 1.39 bits per heavy atom. The number of hydrogen-bond donors (Lipinski definition) is 1. The molecule has 0 unspecified atom stereocenters. The summed E-state index contributed by atoms with van der Waals surface area (Å²) in [7, 11) is 1.84. The van der Waals surface area contributed by atoms with Gasteiger partial charge in [-0.15, -0.1) is 0 Å². The molecule has 1 aromatic carbocycles. The van der Waals surface area contributed by atoms with Gasteiger partial charge in [0.05, 0.1) is 6.54 Å². The first-order chi connectivity index (χ1) is 8.52. The van der Waals surface area contributed by atoms with Crippen molar-refractivity contribution in [2.75, 3.05) is 20.1 Å². The molecule has 1 aliphatic rings. The van der Waals surface area contributed by atoms with Gasteiger partial charge in [-0.1, -0.05) is 12.1 Å². The average Bonchev–Trinajstić information content (AvgIpc) is 2.70. The molecule has 5 heteroatoms. The van der Waals surface area contributed by atoms with Gasteiger partial charge in [0.15, 0.2) is 0 Å². The third kappa shape index (κ3) is 2.85. The van der Waals surface area contributed by atoms with E-state index in [-0.39, 0.29) is 18.9 Å². The number of amides is 1. The second kappa shape index (κ2) is 5.02. The molecule has 3 nitrogen and oxygen atoms in total. The van der Waals surface area contributed by atoms with E-state index < -0.39 is 12.5 Å². The van der Waals surface area contributed by atoms with Crippen molar-refractivity contribution in [2.24, 2.45) is 0 Å². The first kappa shape index (κ1) is 13.0. The molecule has 1 fully saturated rings. The van der Waals surface area contributed by atoms with Gasteiger partial charge < -0.3 is 10.2 Å². The van der Waals surface area contributed by atoms with Crippen molar-refractivity contribution in [2.45, 2.75) is 18.9 Å². The van der Waals surface area contributed by atoms with Crippen LogP contribution in [0.2, 0.25) is 0 Å². The fourth-order valence-electron chi connectivity index (χ4n) is 2.06. The van der Waals surface area contributed by atoms with E-state index in [0.29, 0.717) is 5.56 Å². The Balaban J connectivity index is 2.05. The van der Waals surface area contributed by atoms with Gasteiger partial charge in [0, 0.05) is 25.1 Å². The maximum atomic E-state index is 13.0. The molecule has 1 amide bonds. The number of alkyl halides is 2. The van der Waals surface area contributed by atoms with Crippen LogP contribution in [0.3, 0.4) is 0 Å². The van der Waals surface area contributed by atoms with Crippen LogP contribution in [0.25, 0.3) is 0 Å². The van der Waals surface area contributed by atoms with Crippen molar-refractivity contribution < 1.29 is 13.6 Å². The Bertz CT molecular complexity index is 431. The third-order valence-corrected chi connectivity index (χ3v) is 3.04. The molecule has 0 aliphatic carbocycles. The first-order valence-corrected chi connectivity index (χ1v) is 5.92. The maximum absolute atomic E-state index is 13.0. The van der Waals surface area contributed by atoms with Gasteiger partial charge in [0.1, 0.15) is 0 Å². The zero-order valence-corrected chi connectivity index (χ0v) is 10.2. The lowest BCUT2D eigenvalue weighted by molar-refractivity contribution is 0.0120. The van der Waals surface area contributed by atoms with Crippen LogP contribution in [0.4, 0.5) is 8.78 Å². The summed E-state index contributed by atoms with van der Waals surface area (Å²) in [5, 5.41) is 3.00. The van der Waals surface area contributed by atoms with Gasteiger partial charge in [-0.25, -0.2) is 8.78 Å². The molecular formula is C13H16F2N2O. The summed E-state index contributed by atoms with van der Waals surface area (Å²) in [6, 6.07) is 7.03. The SMILES string of the molecule is CNCc1ccc(C(=O)N2CCC(F)(F)C2)cc1. The maximum Gasteiger partial charge on any atom is 0.267 e. The van der Waals surface area contributed by atoms with Crippen molar-refractivity contribution in [3.63, 3.8) is 0 Å². The quantitative estimate of drug-likeness (QED) is 0.893. The molecule has 1 N–H and O–H groups in total. The zero-order valence-electron chi connectivity index (χ0n) is 10.2. The number of likely N-dealkylation sites (tertiary alicyclic amines) is 1. The Hall–Kier alpha value is -1.49. The number of carbonyl (C=O) groups excluding carboxylic acids is 1. The molecule has 1 aromatic rings. The molecule has 0 radical (unpaired) electrons. The lowest BCUT2D eigenvalue weighted by atomic mass is 10.1. The van der Waals surface area contributed by atoms with E-state index in [0.717, 1.165) is 12.1 Å². The number of benzene rings is 1. The van der Waals surface area contributed by atoms with Crippen molar-refractivity contribution in [1.82, 2.24) is 10.2 Å². The molecule has 0 atom stereocenters. The van der Waals surface area contributed by atoms with Crippen LogP contribution in [-0.4, -0.2) is 36.9 Å². The van der Waals surface area contributed by atoms with E-state index in [1.165, 1.54) is 4.90 Å². The lowest BCUT2D eigenvalue weighted by Gasteiger charge is -2.16. The van der Waals surface area contributed by atoms with Crippen molar-refractivity contribution in [3.8, 4) is 0 Å². The standard InChI is InChI=1S/C13H16F2N2O/c1-16-8-10-2-4-11(5-3-10)12(18)17-7-6-13(14,15)9-17/h2-5,16H,6-9H2,1H3. The summed E-state index contributed by atoms with van der Waals surface area (Å²) in [5.74, 6) is -3.05. The highest BCUT2D eigenvalue weighted by Crippen LogP contribution is 2.27. The summed E-state index contributed by atoms with van der Waals surface area (Å²) in [6.45, 7) is 0.379. The van der Waals surface area contributed by atoms with Crippen LogP contribution in [-0.2, 0) is 6.54 Å². The highest BCUT2D eigenvalue weighted by atomic mass is 19.3. The summed E-state index contributed by atoms with van der Waals surface area (Å²) < 4.78 is 26.1.